The number of amides is 3. The van der Waals surface area contributed by atoms with E-state index in [9.17, 15) is 14.4 Å². The lowest BCUT2D eigenvalue weighted by atomic mass is 10.2. The molecule has 0 unspecified atom stereocenters. The van der Waals surface area contributed by atoms with Crippen molar-refractivity contribution in [2.75, 3.05) is 31.5 Å². The summed E-state index contributed by atoms with van der Waals surface area (Å²) in [5, 5.41) is 3.34. The zero-order chi connectivity index (χ0) is 17.7. The second kappa shape index (κ2) is 8.15. The van der Waals surface area contributed by atoms with Crippen LogP contribution in [0.5, 0.6) is 0 Å². The molecular formula is C17H22ClN3O3. The SMILES string of the molecule is CC(=O)N1CCN(C(=O)CCC(=O)Nc2cc(Cl)ccc2C)CC1. The van der Waals surface area contributed by atoms with E-state index in [1.807, 2.05) is 13.0 Å². The summed E-state index contributed by atoms with van der Waals surface area (Å²) in [5.41, 5.74) is 1.58. The van der Waals surface area contributed by atoms with E-state index in [-0.39, 0.29) is 30.6 Å². The zero-order valence-electron chi connectivity index (χ0n) is 14.0. The van der Waals surface area contributed by atoms with Gasteiger partial charge in [0.2, 0.25) is 17.7 Å². The maximum Gasteiger partial charge on any atom is 0.224 e. The molecule has 1 heterocycles. The lowest BCUT2D eigenvalue weighted by Gasteiger charge is -2.34. The second-order valence-corrected chi connectivity index (χ2v) is 6.33. The van der Waals surface area contributed by atoms with E-state index in [1.165, 1.54) is 6.92 Å². The molecule has 1 aromatic rings. The molecule has 130 valence electrons. The molecule has 1 aromatic carbocycles. The van der Waals surface area contributed by atoms with Crippen molar-refractivity contribution >= 4 is 35.0 Å². The largest absolute Gasteiger partial charge is 0.339 e. The minimum Gasteiger partial charge on any atom is -0.339 e. The maximum atomic E-state index is 12.2. The normalized spacial score (nSPS) is 14.5. The topological polar surface area (TPSA) is 69.7 Å². The molecule has 1 N–H and O–H groups in total. The molecule has 7 heteroatoms. The summed E-state index contributed by atoms with van der Waals surface area (Å²) in [6.45, 7) is 5.55. The van der Waals surface area contributed by atoms with Crippen LogP contribution in [0.2, 0.25) is 5.02 Å². The molecule has 0 atom stereocenters. The highest BCUT2D eigenvalue weighted by Gasteiger charge is 2.22. The van der Waals surface area contributed by atoms with Gasteiger partial charge in [-0.1, -0.05) is 17.7 Å². The predicted molar refractivity (Wildman–Crippen MR) is 92.9 cm³/mol. The number of piperazine rings is 1. The van der Waals surface area contributed by atoms with Gasteiger partial charge in [0.15, 0.2) is 0 Å². The number of nitrogens with zero attached hydrogens (tertiary/aromatic N) is 2. The van der Waals surface area contributed by atoms with E-state index < -0.39 is 0 Å². The van der Waals surface area contributed by atoms with Gasteiger partial charge in [-0.3, -0.25) is 14.4 Å². The summed E-state index contributed by atoms with van der Waals surface area (Å²) in [6.07, 6.45) is 0.281. The van der Waals surface area contributed by atoms with Gasteiger partial charge in [-0.05, 0) is 24.6 Å². The number of halogens is 1. The third-order valence-electron chi connectivity index (χ3n) is 4.12. The summed E-state index contributed by atoms with van der Waals surface area (Å²) in [4.78, 5) is 38.9. The van der Waals surface area contributed by atoms with Gasteiger partial charge in [0.1, 0.15) is 0 Å². The first-order valence-corrected chi connectivity index (χ1v) is 8.34. The molecule has 0 bridgehead atoms. The molecule has 1 saturated heterocycles. The molecule has 0 aromatic heterocycles. The van der Waals surface area contributed by atoms with Gasteiger partial charge in [-0.25, -0.2) is 0 Å². The fourth-order valence-corrected chi connectivity index (χ4v) is 2.76. The van der Waals surface area contributed by atoms with Crippen LogP contribution < -0.4 is 5.32 Å². The van der Waals surface area contributed by atoms with Gasteiger partial charge in [0, 0.05) is 56.7 Å². The number of hydrogen-bond acceptors (Lipinski definition) is 3. The molecule has 3 amide bonds. The average molecular weight is 352 g/mol. The van der Waals surface area contributed by atoms with Crippen LogP contribution in [-0.4, -0.2) is 53.7 Å². The van der Waals surface area contributed by atoms with Crippen molar-refractivity contribution in [1.82, 2.24) is 9.80 Å². The number of aryl methyl sites for hydroxylation is 1. The predicted octanol–water partition coefficient (Wildman–Crippen LogP) is 2.06. The molecule has 6 nitrogen and oxygen atoms in total. The zero-order valence-corrected chi connectivity index (χ0v) is 14.7. The molecule has 0 radical (unpaired) electrons. The summed E-state index contributed by atoms with van der Waals surface area (Å²) in [6, 6.07) is 5.28. The Hall–Kier alpha value is -2.08. The van der Waals surface area contributed by atoms with Crippen LogP contribution in [0, 0.1) is 6.92 Å². The first kappa shape index (κ1) is 18.3. The van der Waals surface area contributed by atoms with Gasteiger partial charge >= 0.3 is 0 Å². The van der Waals surface area contributed by atoms with Crippen molar-refractivity contribution in [2.24, 2.45) is 0 Å². The third-order valence-corrected chi connectivity index (χ3v) is 4.35. The van der Waals surface area contributed by atoms with Crippen molar-refractivity contribution in [2.45, 2.75) is 26.7 Å². The third kappa shape index (κ3) is 4.96. The van der Waals surface area contributed by atoms with E-state index in [4.69, 9.17) is 11.6 Å². The summed E-state index contributed by atoms with van der Waals surface area (Å²) >= 11 is 5.92. The van der Waals surface area contributed by atoms with Crippen molar-refractivity contribution in [1.29, 1.82) is 0 Å². The molecule has 1 aliphatic rings. The maximum absolute atomic E-state index is 12.2. The number of anilines is 1. The number of hydrogen-bond donors (Lipinski definition) is 1. The molecule has 2 rings (SSSR count). The highest BCUT2D eigenvalue weighted by molar-refractivity contribution is 6.31. The fourth-order valence-electron chi connectivity index (χ4n) is 2.59. The van der Waals surface area contributed by atoms with Crippen LogP contribution in [0.1, 0.15) is 25.3 Å². The van der Waals surface area contributed by atoms with Gasteiger partial charge < -0.3 is 15.1 Å². The summed E-state index contributed by atoms with van der Waals surface area (Å²) in [5.74, 6) is -0.245. The lowest BCUT2D eigenvalue weighted by molar-refractivity contribution is -0.138. The highest BCUT2D eigenvalue weighted by atomic mass is 35.5. The van der Waals surface area contributed by atoms with Gasteiger partial charge in [-0.15, -0.1) is 0 Å². The minimum absolute atomic E-state index is 0.0263. The van der Waals surface area contributed by atoms with Crippen LogP contribution in [0.4, 0.5) is 5.69 Å². The average Bonchev–Trinajstić information content (AvgIpc) is 2.56. The standard InChI is InChI=1S/C17H22ClN3O3/c1-12-3-4-14(18)11-15(12)19-16(23)5-6-17(24)21-9-7-20(8-10-21)13(2)22/h3-4,11H,5-10H2,1-2H3,(H,19,23). The Morgan fingerprint density at radius 2 is 1.71 bits per heavy atom. The van der Waals surface area contributed by atoms with Crippen LogP contribution >= 0.6 is 11.6 Å². The molecule has 0 spiro atoms. The van der Waals surface area contributed by atoms with E-state index >= 15 is 0 Å². The first-order valence-electron chi connectivity index (χ1n) is 7.96. The molecule has 24 heavy (non-hydrogen) atoms. The van der Waals surface area contributed by atoms with Crippen LogP contribution in [0.3, 0.4) is 0 Å². The second-order valence-electron chi connectivity index (χ2n) is 5.89. The van der Waals surface area contributed by atoms with Crippen molar-refractivity contribution < 1.29 is 14.4 Å². The monoisotopic (exact) mass is 351 g/mol. The van der Waals surface area contributed by atoms with Crippen LogP contribution in [0.15, 0.2) is 18.2 Å². The Bertz CT molecular complexity index is 640. The molecule has 0 saturated carbocycles. The number of carbonyl (C=O) groups is 3. The molecular weight excluding hydrogens is 330 g/mol. The lowest BCUT2D eigenvalue weighted by Crippen LogP contribution is -2.50. The number of benzene rings is 1. The highest BCUT2D eigenvalue weighted by Crippen LogP contribution is 2.20. The van der Waals surface area contributed by atoms with Gasteiger partial charge in [-0.2, -0.15) is 0 Å². The Balaban J connectivity index is 1.78. The first-order chi connectivity index (χ1) is 11.4. The van der Waals surface area contributed by atoms with Crippen molar-refractivity contribution in [3.8, 4) is 0 Å². The number of rotatable bonds is 4. The van der Waals surface area contributed by atoms with E-state index in [0.717, 1.165) is 5.56 Å². The fraction of sp³-hybridized carbons (Fsp3) is 0.471. The smallest absolute Gasteiger partial charge is 0.224 e. The molecule has 1 fully saturated rings. The Morgan fingerprint density at radius 3 is 2.33 bits per heavy atom. The minimum atomic E-state index is -0.212. The Labute approximate surface area is 146 Å². The van der Waals surface area contributed by atoms with Crippen LogP contribution in [0.25, 0.3) is 0 Å². The Kier molecular flexibility index (Phi) is 6.20. The van der Waals surface area contributed by atoms with Gasteiger partial charge in [0.05, 0.1) is 0 Å². The molecule has 1 aliphatic heterocycles. The van der Waals surface area contributed by atoms with Crippen molar-refractivity contribution in [3.63, 3.8) is 0 Å². The van der Waals surface area contributed by atoms with E-state index in [2.05, 4.69) is 5.32 Å². The van der Waals surface area contributed by atoms with Gasteiger partial charge in [0.25, 0.3) is 0 Å². The summed E-state index contributed by atoms with van der Waals surface area (Å²) < 4.78 is 0. The number of carbonyl (C=O) groups excluding carboxylic acids is 3. The Morgan fingerprint density at radius 1 is 1.08 bits per heavy atom. The van der Waals surface area contributed by atoms with E-state index in [1.54, 1.807) is 21.9 Å². The van der Waals surface area contributed by atoms with Crippen LogP contribution in [-0.2, 0) is 14.4 Å². The number of nitrogens with one attached hydrogen (secondary N) is 1. The van der Waals surface area contributed by atoms with E-state index in [0.29, 0.717) is 36.9 Å². The summed E-state index contributed by atoms with van der Waals surface area (Å²) in [7, 11) is 0. The quantitative estimate of drug-likeness (QED) is 0.902. The molecule has 0 aliphatic carbocycles. The van der Waals surface area contributed by atoms with Crippen molar-refractivity contribution in [3.05, 3.63) is 28.8 Å².